The summed E-state index contributed by atoms with van der Waals surface area (Å²) in [5.74, 6) is 1.78. The molecular weight excluding hydrogens is 250 g/mol. The zero-order chi connectivity index (χ0) is 14.5. The van der Waals surface area contributed by atoms with E-state index in [1.165, 1.54) is 25.9 Å². The van der Waals surface area contributed by atoms with Gasteiger partial charge in [-0.1, -0.05) is 6.92 Å². The van der Waals surface area contributed by atoms with Crippen LogP contribution >= 0.6 is 0 Å². The van der Waals surface area contributed by atoms with E-state index in [0.717, 1.165) is 30.4 Å². The van der Waals surface area contributed by atoms with E-state index in [1.807, 2.05) is 6.92 Å². The fourth-order valence-electron chi connectivity index (χ4n) is 2.62. The number of likely N-dealkylation sites (tertiary alicyclic amines) is 1. The molecule has 1 aliphatic heterocycles. The summed E-state index contributed by atoms with van der Waals surface area (Å²) in [4.78, 5) is 13.8. The molecule has 1 aromatic heterocycles. The van der Waals surface area contributed by atoms with Gasteiger partial charge in [0.05, 0.1) is 0 Å². The van der Waals surface area contributed by atoms with Gasteiger partial charge in [-0.25, -0.2) is 4.98 Å². The van der Waals surface area contributed by atoms with Gasteiger partial charge in [-0.3, -0.25) is 0 Å². The molecule has 5 nitrogen and oxygen atoms in total. The van der Waals surface area contributed by atoms with Crippen LogP contribution in [-0.4, -0.2) is 54.6 Å². The molecule has 0 radical (unpaired) electrons. The van der Waals surface area contributed by atoms with E-state index in [1.54, 1.807) is 0 Å². The Morgan fingerprint density at radius 2 is 2.05 bits per heavy atom. The number of nitrogens with one attached hydrogen (secondary N) is 1. The predicted octanol–water partition coefficient (Wildman–Crippen LogP) is 2.14. The monoisotopic (exact) mass is 277 g/mol. The number of hydrogen-bond acceptors (Lipinski definition) is 5. The molecule has 1 saturated heterocycles. The number of nitrogens with zero attached hydrogens (tertiary/aromatic N) is 4. The first-order chi connectivity index (χ1) is 9.60. The van der Waals surface area contributed by atoms with Crippen LogP contribution in [0.2, 0.25) is 0 Å². The average molecular weight is 277 g/mol. The van der Waals surface area contributed by atoms with Gasteiger partial charge in [-0.05, 0) is 46.3 Å². The second kappa shape index (κ2) is 6.88. The Morgan fingerprint density at radius 1 is 1.35 bits per heavy atom. The Morgan fingerprint density at radius 3 is 2.70 bits per heavy atom. The summed E-state index contributed by atoms with van der Waals surface area (Å²) in [5.41, 5.74) is 1.02. The summed E-state index contributed by atoms with van der Waals surface area (Å²) in [6, 6.07) is 2.66. The van der Waals surface area contributed by atoms with E-state index < -0.39 is 0 Å². The van der Waals surface area contributed by atoms with Crippen LogP contribution in [-0.2, 0) is 0 Å². The number of aromatic nitrogens is 2. The van der Waals surface area contributed by atoms with E-state index in [0.29, 0.717) is 6.04 Å². The molecule has 2 rings (SSSR count). The van der Waals surface area contributed by atoms with Crippen LogP contribution in [0.3, 0.4) is 0 Å². The summed E-state index contributed by atoms with van der Waals surface area (Å²) in [6.45, 7) is 7.43. The summed E-state index contributed by atoms with van der Waals surface area (Å²) in [6.07, 6.45) is 3.49. The fraction of sp³-hybridized carbons (Fsp3) is 0.733. The van der Waals surface area contributed by atoms with E-state index in [9.17, 15) is 0 Å². The topological polar surface area (TPSA) is 44.3 Å². The SMILES string of the molecule is CCCNc1nc(C)cc(N(C)C2CCN(C)CC2)n1. The maximum atomic E-state index is 4.66. The molecular formula is C15H27N5. The highest BCUT2D eigenvalue weighted by Gasteiger charge is 2.22. The van der Waals surface area contributed by atoms with Crippen LogP contribution in [0.25, 0.3) is 0 Å². The highest BCUT2D eigenvalue weighted by atomic mass is 15.2. The minimum Gasteiger partial charge on any atom is -0.356 e. The Bertz CT molecular complexity index is 426. The highest BCUT2D eigenvalue weighted by molar-refractivity contribution is 5.45. The van der Waals surface area contributed by atoms with Crippen LogP contribution in [0, 0.1) is 6.92 Å². The van der Waals surface area contributed by atoms with Crippen molar-refractivity contribution < 1.29 is 0 Å². The van der Waals surface area contributed by atoms with Crippen LogP contribution in [0.5, 0.6) is 0 Å². The molecule has 0 saturated carbocycles. The zero-order valence-electron chi connectivity index (χ0n) is 13.2. The number of piperidine rings is 1. The molecule has 0 spiro atoms. The first-order valence-corrected chi connectivity index (χ1v) is 7.61. The predicted molar refractivity (Wildman–Crippen MR) is 84.5 cm³/mol. The van der Waals surface area contributed by atoms with Crippen molar-refractivity contribution in [3.8, 4) is 0 Å². The fourth-order valence-corrected chi connectivity index (χ4v) is 2.62. The van der Waals surface area contributed by atoms with Crippen LogP contribution in [0.4, 0.5) is 11.8 Å². The van der Waals surface area contributed by atoms with Crippen LogP contribution in [0.1, 0.15) is 31.9 Å². The molecule has 0 atom stereocenters. The normalized spacial score (nSPS) is 17.2. The van der Waals surface area contributed by atoms with Crippen molar-refractivity contribution in [2.75, 3.05) is 43.9 Å². The van der Waals surface area contributed by atoms with Crippen molar-refractivity contribution in [3.63, 3.8) is 0 Å². The third-order valence-electron chi connectivity index (χ3n) is 3.97. The van der Waals surface area contributed by atoms with Gasteiger partial charge in [0.25, 0.3) is 0 Å². The van der Waals surface area contributed by atoms with Gasteiger partial charge in [-0.2, -0.15) is 4.98 Å². The van der Waals surface area contributed by atoms with Gasteiger partial charge >= 0.3 is 0 Å². The smallest absolute Gasteiger partial charge is 0.224 e. The lowest BCUT2D eigenvalue weighted by molar-refractivity contribution is 0.252. The van der Waals surface area contributed by atoms with Gasteiger partial charge in [-0.15, -0.1) is 0 Å². The second-order valence-corrected chi connectivity index (χ2v) is 5.76. The standard InChI is InChI=1S/C15H27N5/c1-5-8-16-15-17-12(2)11-14(18-15)20(4)13-6-9-19(3)10-7-13/h11,13H,5-10H2,1-4H3,(H,16,17,18). The van der Waals surface area contributed by atoms with E-state index in [2.05, 4.69) is 52.2 Å². The Labute approximate surface area is 122 Å². The Hall–Kier alpha value is -1.36. The van der Waals surface area contributed by atoms with E-state index >= 15 is 0 Å². The number of aryl methyl sites for hydroxylation is 1. The minimum absolute atomic E-state index is 0.583. The molecule has 0 unspecified atom stereocenters. The molecule has 0 aliphatic carbocycles. The second-order valence-electron chi connectivity index (χ2n) is 5.76. The molecule has 0 bridgehead atoms. The molecule has 1 aliphatic rings. The summed E-state index contributed by atoms with van der Waals surface area (Å²) >= 11 is 0. The number of anilines is 2. The summed E-state index contributed by atoms with van der Waals surface area (Å²) < 4.78 is 0. The molecule has 1 N–H and O–H groups in total. The largest absolute Gasteiger partial charge is 0.356 e. The van der Waals surface area contributed by atoms with E-state index in [-0.39, 0.29) is 0 Å². The molecule has 5 heteroatoms. The molecule has 20 heavy (non-hydrogen) atoms. The van der Waals surface area contributed by atoms with Gasteiger partial charge in [0.1, 0.15) is 5.82 Å². The van der Waals surface area contributed by atoms with Gasteiger partial charge in [0.15, 0.2) is 0 Å². The maximum absolute atomic E-state index is 4.66. The van der Waals surface area contributed by atoms with Crippen LogP contribution < -0.4 is 10.2 Å². The number of hydrogen-bond donors (Lipinski definition) is 1. The lowest BCUT2D eigenvalue weighted by Gasteiger charge is -2.35. The van der Waals surface area contributed by atoms with Crippen molar-refractivity contribution in [1.29, 1.82) is 0 Å². The molecule has 1 fully saturated rings. The van der Waals surface area contributed by atoms with Crippen molar-refractivity contribution in [2.24, 2.45) is 0 Å². The van der Waals surface area contributed by atoms with Gasteiger partial charge in [0.2, 0.25) is 5.95 Å². The molecule has 0 amide bonds. The Balaban J connectivity index is 2.08. The van der Waals surface area contributed by atoms with Gasteiger partial charge in [0, 0.05) is 31.4 Å². The highest BCUT2D eigenvalue weighted by Crippen LogP contribution is 2.21. The maximum Gasteiger partial charge on any atom is 0.224 e. The summed E-state index contributed by atoms with van der Waals surface area (Å²) in [7, 11) is 4.35. The first kappa shape index (κ1) is 15.0. The van der Waals surface area contributed by atoms with E-state index in [4.69, 9.17) is 0 Å². The van der Waals surface area contributed by atoms with Crippen molar-refractivity contribution in [2.45, 2.75) is 39.2 Å². The van der Waals surface area contributed by atoms with Gasteiger partial charge < -0.3 is 15.1 Å². The molecule has 112 valence electrons. The van der Waals surface area contributed by atoms with Crippen LogP contribution in [0.15, 0.2) is 6.07 Å². The summed E-state index contributed by atoms with van der Waals surface area (Å²) in [5, 5.41) is 3.28. The molecule has 1 aromatic rings. The quantitative estimate of drug-likeness (QED) is 0.893. The minimum atomic E-state index is 0.583. The first-order valence-electron chi connectivity index (χ1n) is 7.61. The van der Waals surface area contributed by atoms with Crippen molar-refractivity contribution in [3.05, 3.63) is 11.8 Å². The third-order valence-corrected chi connectivity index (χ3v) is 3.97. The zero-order valence-corrected chi connectivity index (χ0v) is 13.2. The lowest BCUT2D eigenvalue weighted by atomic mass is 10.0. The van der Waals surface area contributed by atoms with Crippen molar-refractivity contribution >= 4 is 11.8 Å². The molecule has 2 heterocycles. The third kappa shape index (κ3) is 3.82. The Kier molecular flexibility index (Phi) is 5.17. The van der Waals surface area contributed by atoms with Crippen molar-refractivity contribution in [1.82, 2.24) is 14.9 Å². The molecule has 0 aromatic carbocycles. The number of rotatable bonds is 5. The average Bonchev–Trinajstić information content (AvgIpc) is 2.44. The lowest BCUT2D eigenvalue weighted by Crippen LogP contribution is -2.42.